The monoisotopic (exact) mass is 226 g/mol. The Hall–Kier alpha value is -0.610. The number of ether oxygens (including phenoxy) is 1. The quantitative estimate of drug-likeness (QED) is 0.752. The number of nitrogens with zero attached hydrogens (tertiary/aromatic N) is 1. The van der Waals surface area contributed by atoms with Gasteiger partial charge >= 0.3 is 0 Å². The van der Waals surface area contributed by atoms with Crippen LogP contribution in [0.25, 0.3) is 0 Å². The number of amides is 1. The van der Waals surface area contributed by atoms with Gasteiger partial charge in [-0.1, -0.05) is 0 Å². The molecule has 4 nitrogen and oxygen atoms in total. The van der Waals surface area contributed by atoms with Crippen molar-refractivity contribution in [3.8, 4) is 0 Å². The molecule has 1 atom stereocenters. The molecule has 0 aromatic carbocycles. The average molecular weight is 226 g/mol. The summed E-state index contributed by atoms with van der Waals surface area (Å²) in [6.45, 7) is 2.08. The van der Waals surface area contributed by atoms with Gasteiger partial charge in [-0.25, -0.2) is 0 Å². The van der Waals surface area contributed by atoms with E-state index < -0.39 is 0 Å². The minimum absolute atomic E-state index is 0.182. The second-order valence-electron chi connectivity index (χ2n) is 4.92. The molecule has 2 rings (SSSR count). The van der Waals surface area contributed by atoms with E-state index in [1.807, 2.05) is 7.05 Å². The minimum atomic E-state index is 0.182. The molecule has 1 aliphatic heterocycles. The van der Waals surface area contributed by atoms with E-state index >= 15 is 0 Å². The molecule has 1 N–H and O–H groups in total. The van der Waals surface area contributed by atoms with E-state index in [4.69, 9.17) is 4.74 Å². The smallest absolute Gasteiger partial charge is 0.236 e. The highest BCUT2D eigenvalue weighted by molar-refractivity contribution is 5.78. The number of rotatable bonds is 5. The van der Waals surface area contributed by atoms with Gasteiger partial charge in [0.15, 0.2) is 0 Å². The molecule has 2 fully saturated rings. The highest BCUT2D eigenvalue weighted by Crippen LogP contribution is 2.18. The first-order valence-electron chi connectivity index (χ1n) is 6.34. The van der Waals surface area contributed by atoms with Crippen molar-refractivity contribution in [2.45, 2.75) is 44.2 Å². The molecule has 1 saturated carbocycles. The molecule has 0 aromatic heterocycles. The van der Waals surface area contributed by atoms with Gasteiger partial charge < -0.3 is 15.0 Å². The van der Waals surface area contributed by atoms with Gasteiger partial charge in [0.2, 0.25) is 5.91 Å². The van der Waals surface area contributed by atoms with Gasteiger partial charge in [0.05, 0.1) is 12.6 Å². The zero-order valence-electron chi connectivity index (χ0n) is 10.1. The summed E-state index contributed by atoms with van der Waals surface area (Å²) in [7, 11) is 1.87. The Balaban J connectivity index is 1.64. The van der Waals surface area contributed by atoms with E-state index in [2.05, 4.69) is 5.32 Å². The Morgan fingerprint density at radius 3 is 2.81 bits per heavy atom. The first-order valence-corrected chi connectivity index (χ1v) is 6.34. The Labute approximate surface area is 97.3 Å². The standard InChI is InChI=1S/C12H22N2O2/c1-14(9-11-4-2-3-7-16-11)12(15)8-13-10-5-6-10/h10-11,13H,2-9H2,1H3. The topological polar surface area (TPSA) is 41.6 Å². The molecule has 1 saturated heterocycles. The largest absolute Gasteiger partial charge is 0.376 e. The summed E-state index contributed by atoms with van der Waals surface area (Å²) in [5, 5.41) is 3.24. The number of nitrogens with one attached hydrogen (secondary N) is 1. The van der Waals surface area contributed by atoms with E-state index in [-0.39, 0.29) is 12.0 Å². The lowest BCUT2D eigenvalue weighted by Crippen LogP contribution is -2.41. The minimum Gasteiger partial charge on any atom is -0.376 e. The van der Waals surface area contributed by atoms with Crippen molar-refractivity contribution in [3.05, 3.63) is 0 Å². The molecule has 0 aromatic rings. The van der Waals surface area contributed by atoms with Gasteiger partial charge in [-0.2, -0.15) is 0 Å². The van der Waals surface area contributed by atoms with Crippen LogP contribution in [-0.2, 0) is 9.53 Å². The molecular formula is C12H22N2O2. The fraction of sp³-hybridized carbons (Fsp3) is 0.917. The Bertz CT molecular complexity index is 235. The van der Waals surface area contributed by atoms with Crippen LogP contribution in [0.3, 0.4) is 0 Å². The lowest BCUT2D eigenvalue weighted by atomic mass is 10.1. The van der Waals surface area contributed by atoms with Crippen molar-refractivity contribution < 1.29 is 9.53 Å². The van der Waals surface area contributed by atoms with Crippen LogP contribution in [-0.4, -0.2) is 49.7 Å². The van der Waals surface area contributed by atoms with E-state index in [1.54, 1.807) is 4.90 Å². The highest BCUT2D eigenvalue weighted by atomic mass is 16.5. The summed E-state index contributed by atoms with van der Waals surface area (Å²) in [6, 6.07) is 0.600. The van der Waals surface area contributed by atoms with Crippen LogP contribution in [0.5, 0.6) is 0 Å². The second kappa shape index (κ2) is 5.64. The predicted molar refractivity (Wildman–Crippen MR) is 62.3 cm³/mol. The van der Waals surface area contributed by atoms with Crippen molar-refractivity contribution in [2.75, 3.05) is 26.7 Å². The average Bonchev–Trinajstić information content (AvgIpc) is 3.11. The first-order chi connectivity index (χ1) is 7.75. The molecular weight excluding hydrogens is 204 g/mol. The van der Waals surface area contributed by atoms with E-state index in [0.29, 0.717) is 12.6 Å². The Kier molecular flexibility index (Phi) is 4.18. The number of hydrogen-bond acceptors (Lipinski definition) is 3. The lowest BCUT2D eigenvalue weighted by Gasteiger charge is -2.27. The summed E-state index contributed by atoms with van der Waals surface area (Å²) in [5.41, 5.74) is 0. The van der Waals surface area contributed by atoms with Crippen LogP contribution < -0.4 is 5.32 Å². The van der Waals surface area contributed by atoms with E-state index in [9.17, 15) is 4.79 Å². The molecule has 0 spiro atoms. The van der Waals surface area contributed by atoms with Crippen molar-refractivity contribution in [1.29, 1.82) is 0 Å². The zero-order valence-corrected chi connectivity index (χ0v) is 10.1. The zero-order chi connectivity index (χ0) is 11.4. The molecule has 4 heteroatoms. The maximum atomic E-state index is 11.8. The predicted octanol–water partition coefficient (Wildman–Crippen LogP) is 0.766. The fourth-order valence-corrected chi connectivity index (χ4v) is 2.01. The molecule has 16 heavy (non-hydrogen) atoms. The molecule has 2 aliphatic rings. The molecule has 0 radical (unpaired) electrons. The lowest BCUT2D eigenvalue weighted by molar-refractivity contribution is -0.131. The van der Waals surface area contributed by atoms with Crippen molar-refractivity contribution in [3.63, 3.8) is 0 Å². The number of carbonyl (C=O) groups excluding carboxylic acids is 1. The summed E-state index contributed by atoms with van der Waals surface area (Å²) in [4.78, 5) is 13.6. The van der Waals surface area contributed by atoms with Gasteiger partial charge in [-0.15, -0.1) is 0 Å². The highest BCUT2D eigenvalue weighted by Gasteiger charge is 2.23. The summed E-state index contributed by atoms with van der Waals surface area (Å²) in [5.74, 6) is 0.182. The number of hydrogen-bond donors (Lipinski definition) is 1. The Morgan fingerprint density at radius 2 is 2.19 bits per heavy atom. The number of likely N-dealkylation sites (N-methyl/N-ethyl adjacent to an activating group) is 1. The van der Waals surface area contributed by atoms with Crippen LogP contribution >= 0.6 is 0 Å². The third-order valence-corrected chi connectivity index (χ3v) is 3.30. The van der Waals surface area contributed by atoms with Crippen LogP contribution in [0, 0.1) is 0 Å². The van der Waals surface area contributed by atoms with Gasteiger partial charge in [-0.05, 0) is 32.1 Å². The second-order valence-corrected chi connectivity index (χ2v) is 4.92. The maximum Gasteiger partial charge on any atom is 0.236 e. The van der Waals surface area contributed by atoms with Crippen molar-refractivity contribution in [2.24, 2.45) is 0 Å². The molecule has 1 aliphatic carbocycles. The molecule has 0 bridgehead atoms. The third-order valence-electron chi connectivity index (χ3n) is 3.30. The van der Waals surface area contributed by atoms with Crippen molar-refractivity contribution >= 4 is 5.91 Å². The maximum absolute atomic E-state index is 11.8. The van der Waals surface area contributed by atoms with Crippen LogP contribution in [0.1, 0.15) is 32.1 Å². The summed E-state index contributed by atoms with van der Waals surface area (Å²) < 4.78 is 5.62. The first kappa shape index (κ1) is 11.9. The van der Waals surface area contributed by atoms with Crippen molar-refractivity contribution in [1.82, 2.24) is 10.2 Å². The van der Waals surface area contributed by atoms with Crippen LogP contribution in [0.15, 0.2) is 0 Å². The van der Waals surface area contributed by atoms with Gasteiger partial charge in [0, 0.05) is 26.2 Å². The normalized spacial score (nSPS) is 25.4. The fourth-order valence-electron chi connectivity index (χ4n) is 2.01. The molecule has 1 amide bonds. The molecule has 1 heterocycles. The summed E-state index contributed by atoms with van der Waals surface area (Å²) >= 11 is 0. The van der Waals surface area contributed by atoms with E-state index in [1.165, 1.54) is 19.3 Å². The molecule has 92 valence electrons. The SMILES string of the molecule is CN(CC1CCCCO1)C(=O)CNC1CC1. The van der Waals surface area contributed by atoms with Gasteiger partial charge in [-0.3, -0.25) is 4.79 Å². The third kappa shape index (κ3) is 3.76. The summed E-state index contributed by atoms with van der Waals surface area (Å²) in [6.07, 6.45) is 6.19. The van der Waals surface area contributed by atoms with Gasteiger partial charge in [0.1, 0.15) is 0 Å². The van der Waals surface area contributed by atoms with Crippen LogP contribution in [0.2, 0.25) is 0 Å². The number of carbonyl (C=O) groups is 1. The molecule has 1 unspecified atom stereocenters. The van der Waals surface area contributed by atoms with Gasteiger partial charge in [0.25, 0.3) is 0 Å². The van der Waals surface area contributed by atoms with E-state index in [0.717, 1.165) is 26.0 Å². The Morgan fingerprint density at radius 1 is 1.38 bits per heavy atom. The van der Waals surface area contributed by atoms with Crippen LogP contribution in [0.4, 0.5) is 0 Å².